The summed E-state index contributed by atoms with van der Waals surface area (Å²) in [6.07, 6.45) is 5.88. The Bertz CT molecular complexity index is 77.3. The van der Waals surface area contributed by atoms with Crippen LogP contribution in [0, 0.1) is 0 Å². The Hall–Kier alpha value is -0.0800. The normalized spacial score (nSPS) is 26.7. The highest BCUT2D eigenvalue weighted by Crippen LogP contribution is 2.03. The van der Waals surface area contributed by atoms with Crippen molar-refractivity contribution in [3.8, 4) is 0 Å². The second kappa shape index (κ2) is 4.69. The lowest BCUT2D eigenvalue weighted by Crippen LogP contribution is -2.45. The third-order valence-corrected chi connectivity index (χ3v) is 1.95. The molecule has 0 aromatic carbocycles. The summed E-state index contributed by atoms with van der Waals surface area (Å²) in [7, 11) is 0. The fraction of sp³-hybridized carbons (Fsp3) is 1.00. The van der Waals surface area contributed by atoms with Crippen LogP contribution < -0.4 is 10.6 Å². The smallest absolute Gasteiger partial charge is 0.0571 e. The van der Waals surface area contributed by atoms with E-state index < -0.39 is 0 Å². The Morgan fingerprint density at radius 2 is 2.40 bits per heavy atom. The molecule has 60 valence electrons. The van der Waals surface area contributed by atoms with Crippen LogP contribution in [0.4, 0.5) is 0 Å². The molecule has 1 aliphatic heterocycles. The van der Waals surface area contributed by atoms with Gasteiger partial charge in [-0.05, 0) is 38.8 Å². The van der Waals surface area contributed by atoms with E-state index in [4.69, 9.17) is 0 Å². The SMILES string of the molecule is CCCNC1CCCCN1. The third-order valence-electron chi connectivity index (χ3n) is 1.95. The van der Waals surface area contributed by atoms with Crippen LogP contribution in [0.15, 0.2) is 0 Å². The summed E-state index contributed by atoms with van der Waals surface area (Å²) in [5.74, 6) is 0. The van der Waals surface area contributed by atoms with Crippen LogP contribution in [0.25, 0.3) is 0 Å². The Labute approximate surface area is 63.4 Å². The van der Waals surface area contributed by atoms with Gasteiger partial charge in [-0.3, -0.25) is 0 Å². The summed E-state index contributed by atoms with van der Waals surface area (Å²) in [6, 6.07) is 0. The number of hydrogen-bond acceptors (Lipinski definition) is 2. The molecule has 0 aromatic heterocycles. The van der Waals surface area contributed by atoms with Gasteiger partial charge in [0.2, 0.25) is 0 Å². The van der Waals surface area contributed by atoms with E-state index in [2.05, 4.69) is 17.6 Å². The van der Waals surface area contributed by atoms with Gasteiger partial charge in [0.25, 0.3) is 0 Å². The first-order valence-electron chi connectivity index (χ1n) is 4.40. The highest BCUT2D eigenvalue weighted by atomic mass is 15.1. The molecule has 0 saturated carbocycles. The quantitative estimate of drug-likeness (QED) is 0.616. The van der Waals surface area contributed by atoms with E-state index in [0.717, 1.165) is 6.54 Å². The van der Waals surface area contributed by atoms with Crippen LogP contribution in [0.3, 0.4) is 0 Å². The average molecular weight is 142 g/mol. The Morgan fingerprint density at radius 1 is 1.50 bits per heavy atom. The summed E-state index contributed by atoms with van der Waals surface area (Å²) < 4.78 is 0. The first-order chi connectivity index (χ1) is 4.93. The Kier molecular flexibility index (Phi) is 3.76. The van der Waals surface area contributed by atoms with Crippen LogP contribution in [-0.4, -0.2) is 19.3 Å². The van der Waals surface area contributed by atoms with E-state index in [9.17, 15) is 0 Å². The third kappa shape index (κ3) is 2.67. The van der Waals surface area contributed by atoms with Gasteiger partial charge in [0.1, 0.15) is 0 Å². The topological polar surface area (TPSA) is 24.1 Å². The molecule has 1 aliphatic rings. The summed E-state index contributed by atoms with van der Waals surface area (Å²) in [6.45, 7) is 4.55. The van der Waals surface area contributed by atoms with Gasteiger partial charge in [-0.2, -0.15) is 0 Å². The van der Waals surface area contributed by atoms with Crippen molar-refractivity contribution in [3.63, 3.8) is 0 Å². The second-order valence-corrected chi connectivity index (χ2v) is 2.96. The molecule has 0 bridgehead atoms. The van der Waals surface area contributed by atoms with Gasteiger partial charge in [0, 0.05) is 0 Å². The summed E-state index contributed by atoms with van der Waals surface area (Å²) in [4.78, 5) is 0. The molecule has 0 aromatic rings. The maximum atomic E-state index is 3.46. The molecule has 10 heavy (non-hydrogen) atoms. The minimum absolute atomic E-state index is 0.605. The zero-order valence-electron chi connectivity index (χ0n) is 6.82. The first kappa shape index (κ1) is 8.02. The summed E-state index contributed by atoms with van der Waals surface area (Å²) >= 11 is 0. The lowest BCUT2D eigenvalue weighted by Gasteiger charge is -2.24. The first-order valence-corrected chi connectivity index (χ1v) is 4.40. The van der Waals surface area contributed by atoms with Gasteiger partial charge in [-0.25, -0.2) is 0 Å². The van der Waals surface area contributed by atoms with Gasteiger partial charge in [-0.15, -0.1) is 0 Å². The second-order valence-electron chi connectivity index (χ2n) is 2.96. The molecular weight excluding hydrogens is 124 g/mol. The van der Waals surface area contributed by atoms with Crippen LogP contribution in [-0.2, 0) is 0 Å². The van der Waals surface area contributed by atoms with E-state index in [1.165, 1.54) is 32.2 Å². The number of piperidine rings is 1. The predicted octanol–water partition coefficient (Wildman–Crippen LogP) is 1.09. The van der Waals surface area contributed by atoms with Crippen molar-refractivity contribution >= 4 is 0 Å². The highest BCUT2D eigenvalue weighted by molar-refractivity contribution is 4.69. The van der Waals surface area contributed by atoms with Crippen molar-refractivity contribution in [2.75, 3.05) is 13.1 Å². The molecule has 2 nitrogen and oxygen atoms in total. The monoisotopic (exact) mass is 142 g/mol. The van der Waals surface area contributed by atoms with Crippen molar-refractivity contribution < 1.29 is 0 Å². The molecular formula is C8H18N2. The molecule has 0 amide bonds. The van der Waals surface area contributed by atoms with Gasteiger partial charge < -0.3 is 10.6 Å². The molecule has 0 spiro atoms. The molecule has 2 heteroatoms. The van der Waals surface area contributed by atoms with Crippen molar-refractivity contribution in [2.45, 2.75) is 38.8 Å². The zero-order chi connectivity index (χ0) is 7.23. The van der Waals surface area contributed by atoms with Gasteiger partial charge in [0.15, 0.2) is 0 Å². The van der Waals surface area contributed by atoms with E-state index in [-0.39, 0.29) is 0 Å². The molecule has 1 unspecified atom stereocenters. The Morgan fingerprint density at radius 3 is 3.00 bits per heavy atom. The molecule has 1 saturated heterocycles. The van der Waals surface area contributed by atoms with Crippen LogP contribution in [0.5, 0.6) is 0 Å². The predicted molar refractivity (Wildman–Crippen MR) is 43.9 cm³/mol. The molecule has 0 aliphatic carbocycles. The number of hydrogen-bond donors (Lipinski definition) is 2. The Balaban J connectivity index is 2.02. The fourth-order valence-corrected chi connectivity index (χ4v) is 1.34. The van der Waals surface area contributed by atoms with Crippen molar-refractivity contribution in [1.82, 2.24) is 10.6 Å². The van der Waals surface area contributed by atoms with Gasteiger partial charge in [-0.1, -0.05) is 6.92 Å². The lowest BCUT2D eigenvalue weighted by molar-refractivity contribution is 0.345. The summed E-state index contributed by atoms with van der Waals surface area (Å²) in [5, 5.41) is 6.90. The molecule has 1 rings (SSSR count). The minimum atomic E-state index is 0.605. The van der Waals surface area contributed by atoms with E-state index in [1.54, 1.807) is 0 Å². The molecule has 1 atom stereocenters. The van der Waals surface area contributed by atoms with E-state index in [0.29, 0.717) is 6.17 Å². The lowest BCUT2D eigenvalue weighted by atomic mass is 10.1. The van der Waals surface area contributed by atoms with Crippen molar-refractivity contribution in [1.29, 1.82) is 0 Å². The van der Waals surface area contributed by atoms with Crippen molar-refractivity contribution in [2.24, 2.45) is 0 Å². The van der Waals surface area contributed by atoms with Crippen LogP contribution in [0.2, 0.25) is 0 Å². The maximum Gasteiger partial charge on any atom is 0.0571 e. The van der Waals surface area contributed by atoms with E-state index in [1.807, 2.05) is 0 Å². The summed E-state index contributed by atoms with van der Waals surface area (Å²) in [5.41, 5.74) is 0. The fourth-order valence-electron chi connectivity index (χ4n) is 1.34. The maximum absolute atomic E-state index is 3.46. The molecule has 2 N–H and O–H groups in total. The molecule has 0 radical (unpaired) electrons. The minimum Gasteiger partial charge on any atom is -0.302 e. The van der Waals surface area contributed by atoms with Gasteiger partial charge >= 0.3 is 0 Å². The number of rotatable bonds is 3. The average Bonchev–Trinajstić information content (AvgIpc) is 2.03. The highest BCUT2D eigenvalue weighted by Gasteiger charge is 2.09. The van der Waals surface area contributed by atoms with Crippen LogP contribution >= 0.6 is 0 Å². The molecule has 1 fully saturated rings. The van der Waals surface area contributed by atoms with Gasteiger partial charge in [0.05, 0.1) is 6.17 Å². The van der Waals surface area contributed by atoms with Crippen molar-refractivity contribution in [3.05, 3.63) is 0 Å². The van der Waals surface area contributed by atoms with Crippen LogP contribution in [0.1, 0.15) is 32.6 Å². The largest absolute Gasteiger partial charge is 0.302 e. The molecule has 1 heterocycles. The number of nitrogens with one attached hydrogen (secondary N) is 2. The zero-order valence-corrected chi connectivity index (χ0v) is 6.82. The standard InChI is InChI=1S/C8H18N2/c1-2-6-9-8-5-3-4-7-10-8/h8-10H,2-7H2,1H3. The van der Waals surface area contributed by atoms with E-state index >= 15 is 0 Å².